The van der Waals surface area contributed by atoms with Crippen LogP contribution in [0.15, 0.2) is 14.7 Å². The van der Waals surface area contributed by atoms with Gasteiger partial charge in [0, 0.05) is 38.1 Å². The average Bonchev–Trinajstić information content (AvgIpc) is 3.05. The van der Waals surface area contributed by atoms with Crippen LogP contribution in [0.4, 0.5) is 0 Å². The quantitative estimate of drug-likeness (QED) is 0.723. The van der Waals surface area contributed by atoms with E-state index < -0.39 is 15.6 Å². The number of thiophene rings is 1. The van der Waals surface area contributed by atoms with Gasteiger partial charge in [-0.1, -0.05) is 0 Å². The molecule has 1 unspecified atom stereocenters. The van der Waals surface area contributed by atoms with E-state index in [0.29, 0.717) is 30.0 Å². The number of rotatable bonds is 7. The summed E-state index contributed by atoms with van der Waals surface area (Å²) >= 11 is 4.73. The van der Waals surface area contributed by atoms with Gasteiger partial charge < -0.3 is 14.8 Å². The van der Waals surface area contributed by atoms with Crippen LogP contribution in [0.2, 0.25) is 0 Å². The van der Waals surface area contributed by atoms with Crippen molar-refractivity contribution in [2.75, 3.05) is 33.9 Å². The Kier molecular flexibility index (Phi) is 5.80. The summed E-state index contributed by atoms with van der Waals surface area (Å²) in [7, 11) is -0.174. The zero-order chi connectivity index (χ0) is 15.5. The summed E-state index contributed by atoms with van der Waals surface area (Å²) in [5.74, 6) is 0. The number of ether oxygens (including phenoxy) is 2. The smallest absolute Gasteiger partial charge is 0.242 e. The highest BCUT2D eigenvalue weighted by Crippen LogP contribution is 2.32. The van der Waals surface area contributed by atoms with Gasteiger partial charge in [0.1, 0.15) is 10.5 Å². The molecule has 9 heteroatoms. The fourth-order valence-corrected chi connectivity index (χ4v) is 5.91. The molecule has 2 N–H and O–H groups in total. The molecule has 0 saturated carbocycles. The molecule has 1 atom stereocenters. The van der Waals surface area contributed by atoms with Gasteiger partial charge in [0.2, 0.25) is 10.0 Å². The van der Waals surface area contributed by atoms with Crippen molar-refractivity contribution < 1.29 is 17.9 Å². The molecule has 2 rings (SSSR count). The van der Waals surface area contributed by atoms with E-state index in [-0.39, 0.29) is 11.4 Å². The van der Waals surface area contributed by atoms with E-state index in [0.717, 1.165) is 4.88 Å². The summed E-state index contributed by atoms with van der Waals surface area (Å²) in [5, 5.41) is 3.01. The van der Waals surface area contributed by atoms with E-state index in [1.807, 2.05) is 7.05 Å². The molecule has 1 aliphatic heterocycles. The highest BCUT2D eigenvalue weighted by Gasteiger charge is 2.36. The minimum atomic E-state index is -3.57. The van der Waals surface area contributed by atoms with Gasteiger partial charge in [0.05, 0.1) is 10.4 Å². The Morgan fingerprint density at radius 3 is 2.90 bits per heavy atom. The Balaban J connectivity index is 2.11. The number of sulfonamides is 1. The summed E-state index contributed by atoms with van der Waals surface area (Å²) in [5.41, 5.74) is -0.566. The van der Waals surface area contributed by atoms with E-state index in [1.165, 1.54) is 11.3 Å². The maximum absolute atomic E-state index is 12.4. The second-order valence-corrected chi connectivity index (χ2v) is 9.09. The molecule has 1 fully saturated rings. The molecule has 1 saturated heterocycles. The average molecular weight is 399 g/mol. The molecular weight excluding hydrogens is 380 g/mol. The molecule has 6 nitrogen and oxygen atoms in total. The first-order valence-electron chi connectivity index (χ1n) is 6.48. The van der Waals surface area contributed by atoms with Gasteiger partial charge in [-0.05, 0) is 29.0 Å². The number of halogens is 1. The Morgan fingerprint density at radius 1 is 1.57 bits per heavy atom. The number of methoxy groups -OCH3 is 1. The first-order valence-corrected chi connectivity index (χ1v) is 9.57. The first kappa shape index (κ1) is 17.3. The first-order chi connectivity index (χ1) is 9.92. The Morgan fingerprint density at radius 2 is 2.33 bits per heavy atom. The standard InChI is InChI=1S/C12H19BrN2O4S2/c1-14-6-9-5-10(11(13)20-9)21(16,17)15-7-12(18-2)3-4-19-8-12/h5,14-15H,3-4,6-8H2,1-2H3. The topological polar surface area (TPSA) is 76.7 Å². The molecule has 120 valence electrons. The normalized spacial score (nSPS) is 22.8. The van der Waals surface area contributed by atoms with Gasteiger partial charge in [-0.25, -0.2) is 13.1 Å². The van der Waals surface area contributed by atoms with Gasteiger partial charge in [-0.3, -0.25) is 0 Å². The SMILES string of the molecule is CNCc1cc(S(=O)(=O)NCC2(OC)CCOC2)c(Br)s1. The maximum Gasteiger partial charge on any atom is 0.242 e. The zero-order valence-corrected chi connectivity index (χ0v) is 15.2. The number of nitrogens with one attached hydrogen (secondary N) is 2. The summed E-state index contributed by atoms with van der Waals surface area (Å²) in [6.45, 7) is 1.83. The van der Waals surface area contributed by atoms with Crippen LogP contribution >= 0.6 is 27.3 Å². The van der Waals surface area contributed by atoms with Crippen molar-refractivity contribution in [1.29, 1.82) is 0 Å². The molecule has 2 heterocycles. The summed E-state index contributed by atoms with van der Waals surface area (Å²) < 4.78 is 38.8. The number of hydrogen-bond donors (Lipinski definition) is 2. The molecule has 0 amide bonds. The van der Waals surface area contributed by atoms with Crippen molar-refractivity contribution in [2.45, 2.75) is 23.5 Å². The molecule has 0 spiro atoms. The summed E-state index contributed by atoms with van der Waals surface area (Å²) in [4.78, 5) is 1.22. The van der Waals surface area contributed by atoms with E-state index in [9.17, 15) is 8.42 Å². The van der Waals surface area contributed by atoms with E-state index >= 15 is 0 Å². The van der Waals surface area contributed by atoms with Crippen LogP contribution in [0.5, 0.6) is 0 Å². The fourth-order valence-electron chi connectivity index (χ4n) is 2.11. The molecular formula is C12H19BrN2O4S2. The number of hydrogen-bond acceptors (Lipinski definition) is 6. The van der Waals surface area contributed by atoms with Crippen molar-refractivity contribution in [3.63, 3.8) is 0 Å². The summed E-state index contributed by atoms with van der Waals surface area (Å²) in [6.07, 6.45) is 0.682. The third kappa shape index (κ3) is 4.04. The minimum Gasteiger partial charge on any atom is -0.378 e. The van der Waals surface area contributed by atoms with Gasteiger partial charge in [0.25, 0.3) is 0 Å². The van der Waals surface area contributed by atoms with Crippen molar-refractivity contribution in [3.8, 4) is 0 Å². The van der Waals surface area contributed by atoms with Crippen LogP contribution in [0.3, 0.4) is 0 Å². The lowest BCUT2D eigenvalue weighted by atomic mass is 10.0. The van der Waals surface area contributed by atoms with Crippen LogP contribution in [-0.2, 0) is 26.0 Å². The maximum atomic E-state index is 12.4. The second kappa shape index (κ2) is 7.03. The van der Waals surface area contributed by atoms with Crippen LogP contribution in [-0.4, -0.2) is 47.9 Å². The predicted molar refractivity (Wildman–Crippen MR) is 85.1 cm³/mol. The molecule has 1 aliphatic rings. The van der Waals surface area contributed by atoms with Crippen LogP contribution in [0.25, 0.3) is 0 Å². The highest BCUT2D eigenvalue weighted by atomic mass is 79.9. The largest absolute Gasteiger partial charge is 0.378 e. The highest BCUT2D eigenvalue weighted by molar-refractivity contribution is 9.11. The third-order valence-corrected chi connectivity index (χ3v) is 7.08. The molecule has 1 aromatic rings. The summed E-state index contributed by atoms with van der Waals surface area (Å²) in [6, 6.07) is 1.68. The molecule has 0 aliphatic carbocycles. The van der Waals surface area contributed by atoms with Crippen LogP contribution < -0.4 is 10.0 Å². The molecule has 0 radical (unpaired) electrons. The third-order valence-electron chi connectivity index (χ3n) is 3.43. The molecule has 0 bridgehead atoms. The Bertz CT molecular complexity index is 582. The van der Waals surface area contributed by atoms with Crippen LogP contribution in [0.1, 0.15) is 11.3 Å². The lowest BCUT2D eigenvalue weighted by Gasteiger charge is -2.25. The van der Waals surface area contributed by atoms with E-state index in [1.54, 1.807) is 13.2 Å². The predicted octanol–water partition coefficient (Wildman–Crippen LogP) is 1.31. The van der Waals surface area contributed by atoms with Crippen LogP contribution in [0, 0.1) is 0 Å². The monoisotopic (exact) mass is 398 g/mol. The lowest BCUT2D eigenvalue weighted by Crippen LogP contribution is -2.44. The Labute approximate surface area is 137 Å². The molecule has 21 heavy (non-hydrogen) atoms. The van der Waals surface area contributed by atoms with Gasteiger partial charge in [-0.2, -0.15) is 0 Å². The van der Waals surface area contributed by atoms with E-state index in [2.05, 4.69) is 26.0 Å². The van der Waals surface area contributed by atoms with Crippen molar-refractivity contribution in [1.82, 2.24) is 10.0 Å². The van der Waals surface area contributed by atoms with Crippen molar-refractivity contribution in [2.24, 2.45) is 0 Å². The molecule has 1 aromatic heterocycles. The van der Waals surface area contributed by atoms with Gasteiger partial charge >= 0.3 is 0 Å². The minimum absolute atomic E-state index is 0.204. The van der Waals surface area contributed by atoms with E-state index in [4.69, 9.17) is 9.47 Å². The van der Waals surface area contributed by atoms with Gasteiger partial charge in [-0.15, -0.1) is 11.3 Å². The van der Waals surface area contributed by atoms with Crippen molar-refractivity contribution in [3.05, 3.63) is 14.7 Å². The zero-order valence-electron chi connectivity index (χ0n) is 11.9. The Hall–Kier alpha value is -0.0300. The fraction of sp³-hybridized carbons (Fsp3) is 0.667. The molecule has 0 aromatic carbocycles. The van der Waals surface area contributed by atoms with Crippen molar-refractivity contribution >= 4 is 37.3 Å². The van der Waals surface area contributed by atoms with Gasteiger partial charge in [0.15, 0.2) is 0 Å². The lowest BCUT2D eigenvalue weighted by molar-refractivity contribution is -0.0120. The second-order valence-electron chi connectivity index (χ2n) is 4.90.